The van der Waals surface area contributed by atoms with Crippen molar-refractivity contribution in [2.45, 2.75) is 44.3 Å². The number of aliphatic hydroxyl groups excluding tert-OH is 2. The van der Waals surface area contributed by atoms with Crippen LogP contribution in [0.2, 0.25) is 0 Å². The summed E-state index contributed by atoms with van der Waals surface area (Å²) in [6, 6.07) is 0. The molecule has 0 aromatic heterocycles. The smallest absolute Gasteiger partial charge is 0.134 e. The van der Waals surface area contributed by atoms with Crippen LogP contribution in [0.4, 0.5) is 4.39 Å². The Morgan fingerprint density at radius 1 is 1.50 bits per heavy atom. The first-order chi connectivity index (χ1) is 7.55. The number of aliphatic hydroxyl groups is 2. The monoisotopic (exact) mass is 228 g/mol. The fraction of sp³-hybridized carbons (Fsp3) is 0.667. The van der Waals surface area contributed by atoms with E-state index in [4.69, 9.17) is 9.84 Å². The molecule has 0 bridgehead atoms. The number of halogens is 1. The van der Waals surface area contributed by atoms with E-state index < -0.39 is 11.7 Å². The zero-order valence-corrected chi connectivity index (χ0v) is 9.37. The van der Waals surface area contributed by atoms with Crippen molar-refractivity contribution in [3.8, 4) is 0 Å². The Balaban J connectivity index is 2.19. The van der Waals surface area contributed by atoms with E-state index in [0.717, 1.165) is 11.3 Å². The Morgan fingerprint density at radius 3 is 2.94 bits per heavy atom. The lowest BCUT2D eigenvalue weighted by molar-refractivity contribution is -0.114. The molecule has 0 amide bonds. The first kappa shape index (κ1) is 11.6. The van der Waals surface area contributed by atoms with E-state index in [-0.39, 0.29) is 12.4 Å². The van der Waals surface area contributed by atoms with Gasteiger partial charge in [-0.1, -0.05) is 0 Å². The highest BCUT2D eigenvalue weighted by Gasteiger charge is 2.39. The predicted molar refractivity (Wildman–Crippen MR) is 57.3 cm³/mol. The minimum absolute atomic E-state index is 0.103. The van der Waals surface area contributed by atoms with Gasteiger partial charge in [0.15, 0.2) is 0 Å². The molecule has 2 aliphatic rings. The van der Waals surface area contributed by atoms with E-state index in [1.54, 1.807) is 6.92 Å². The van der Waals surface area contributed by atoms with Crippen LogP contribution in [0.5, 0.6) is 0 Å². The molecular weight excluding hydrogens is 211 g/mol. The minimum atomic E-state index is -0.891. The number of rotatable bonds is 2. The Labute approximate surface area is 94.2 Å². The zero-order chi connectivity index (χ0) is 11.8. The van der Waals surface area contributed by atoms with Crippen LogP contribution >= 0.6 is 0 Å². The first-order valence-electron chi connectivity index (χ1n) is 5.61. The molecule has 0 saturated carbocycles. The summed E-state index contributed by atoms with van der Waals surface area (Å²) < 4.78 is 18.8. The van der Waals surface area contributed by atoms with Gasteiger partial charge < -0.3 is 14.9 Å². The van der Waals surface area contributed by atoms with Crippen LogP contribution in [0, 0.1) is 0 Å². The van der Waals surface area contributed by atoms with Crippen molar-refractivity contribution in [2.75, 3.05) is 6.61 Å². The molecule has 2 N–H and O–H groups in total. The van der Waals surface area contributed by atoms with Crippen LogP contribution in [0.3, 0.4) is 0 Å². The average Bonchev–Trinajstić information content (AvgIpc) is 2.28. The van der Waals surface area contributed by atoms with Gasteiger partial charge in [-0.2, -0.15) is 0 Å². The van der Waals surface area contributed by atoms with Crippen molar-refractivity contribution in [3.05, 3.63) is 23.2 Å². The van der Waals surface area contributed by atoms with Gasteiger partial charge in [0.25, 0.3) is 0 Å². The van der Waals surface area contributed by atoms with Gasteiger partial charge in [-0.05, 0) is 31.4 Å². The standard InChI is InChI=1S/C12H17FO3/c1-12(11(15)7-14)5-4-8-6-9(13)2-3-10(8)16-12/h6,11,14-15H,2-5,7H2,1H3/t11-,12-/m1/s1. The van der Waals surface area contributed by atoms with E-state index in [1.807, 2.05) is 0 Å². The molecule has 90 valence electrons. The Hall–Kier alpha value is -0.870. The van der Waals surface area contributed by atoms with Gasteiger partial charge >= 0.3 is 0 Å². The third kappa shape index (κ3) is 1.99. The van der Waals surface area contributed by atoms with Crippen LogP contribution in [-0.4, -0.2) is 28.5 Å². The molecule has 2 atom stereocenters. The van der Waals surface area contributed by atoms with Gasteiger partial charge in [0.05, 0.1) is 6.61 Å². The van der Waals surface area contributed by atoms with Gasteiger partial charge in [-0.3, -0.25) is 0 Å². The van der Waals surface area contributed by atoms with Crippen molar-refractivity contribution in [2.24, 2.45) is 0 Å². The second kappa shape index (κ2) is 4.18. The molecule has 0 unspecified atom stereocenters. The molecule has 1 aliphatic heterocycles. The summed E-state index contributed by atoms with van der Waals surface area (Å²) in [5.41, 5.74) is 0.154. The van der Waals surface area contributed by atoms with Gasteiger partial charge in [-0.25, -0.2) is 4.39 Å². The van der Waals surface area contributed by atoms with E-state index in [9.17, 15) is 9.50 Å². The SMILES string of the molecule is C[C@]1([C@H](O)CO)CCC2=C(CCC(F)=C2)O1. The van der Waals surface area contributed by atoms with E-state index in [2.05, 4.69) is 0 Å². The highest BCUT2D eigenvalue weighted by molar-refractivity contribution is 5.31. The molecule has 3 nitrogen and oxygen atoms in total. The normalized spacial score (nSPS) is 31.6. The highest BCUT2D eigenvalue weighted by atomic mass is 19.1. The van der Waals surface area contributed by atoms with Crippen LogP contribution < -0.4 is 0 Å². The third-order valence-electron chi connectivity index (χ3n) is 3.40. The van der Waals surface area contributed by atoms with Crippen LogP contribution in [0.25, 0.3) is 0 Å². The molecule has 0 aromatic carbocycles. The lowest BCUT2D eigenvalue weighted by Gasteiger charge is -2.40. The quantitative estimate of drug-likeness (QED) is 0.757. The topological polar surface area (TPSA) is 49.7 Å². The van der Waals surface area contributed by atoms with Crippen molar-refractivity contribution in [1.82, 2.24) is 0 Å². The van der Waals surface area contributed by atoms with Crippen LogP contribution in [-0.2, 0) is 4.74 Å². The maximum atomic E-state index is 13.1. The predicted octanol–water partition coefficient (Wildman–Crippen LogP) is 1.81. The highest BCUT2D eigenvalue weighted by Crippen LogP contribution is 2.39. The second-order valence-electron chi connectivity index (χ2n) is 4.65. The zero-order valence-electron chi connectivity index (χ0n) is 9.37. The van der Waals surface area contributed by atoms with Gasteiger partial charge in [0.1, 0.15) is 23.3 Å². The number of ether oxygens (including phenoxy) is 1. The maximum absolute atomic E-state index is 13.1. The van der Waals surface area contributed by atoms with E-state index >= 15 is 0 Å². The molecule has 0 fully saturated rings. The van der Waals surface area contributed by atoms with Crippen molar-refractivity contribution >= 4 is 0 Å². The largest absolute Gasteiger partial charge is 0.489 e. The fourth-order valence-corrected chi connectivity index (χ4v) is 2.21. The summed E-state index contributed by atoms with van der Waals surface area (Å²) in [6.45, 7) is 1.47. The number of allylic oxidation sites excluding steroid dienone is 4. The Kier molecular flexibility index (Phi) is 3.04. The number of hydrogen-bond acceptors (Lipinski definition) is 3. The summed E-state index contributed by atoms with van der Waals surface area (Å²) >= 11 is 0. The lowest BCUT2D eigenvalue weighted by Crippen LogP contribution is -2.46. The molecular formula is C12H17FO3. The fourth-order valence-electron chi connectivity index (χ4n) is 2.21. The van der Waals surface area contributed by atoms with E-state index in [0.29, 0.717) is 25.7 Å². The second-order valence-corrected chi connectivity index (χ2v) is 4.65. The molecule has 2 rings (SSSR count). The lowest BCUT2D eigenvalue weighted by atomic mass is 9.86. The van der Waals surface area contributed by atoms with Gasteiger partial charge in [0.2, 0.25) is 0 Å². The minimum Gasteiger partial charge on any atom is -0.489 e. The van der Waals surface area contributed by atoms with Crippen LogP contribution in [0.15, 0.2) is 23.2 Å². The van der Waals surface area contributed by atoms with Crippen LogP contribution in [0.1, 0.15) is 32.6 Å². The van der Waals surface area contributed by atoms with Crippen molar-refractivity contribution < 1.29 is 19.3 Å². The average molecular weight is 228 g/mol. The first-order valence-corrected chi connectivity index (χ1v) is 5.61. The van der Waals surface area contributed by atoms with Crippen molar-refractivity contribution in [3.63, 3.8) is 0 Å². The summed E-state index contributed by atoms with van der Waals surface area (Å²) in [5.74, 6) is 0.663. The number of hydrogen-bond donors (Lipinski definition) is 2. The van der Waals surface area contributed by atoms with Crippen molar-refractivity contribution in [1.29, 1.82) is 0 Å². The van der Waals surface area contributed by atoms with Gasteiger partial charge in [-0.15, -0.1) is 0 Å². The summed E-state index contributed by atoms with van der Waals surface area (Å²) in [5, 5.41) is 18.7. The van der Waals surface area contributed by atoms with E-state index in [1.165, 1.54) is 6.08 Å². The molecule has 0 radical (unpaired) electrons. The molecule has 0 saturated heterocycles. The molecule has 4 heteroatoms. The molecule has 0 aromatic rings. The summed E-state index contributed by atoms with van der Waals surface area (Å²) in [4.78, 5) is 0. The molecule has 16 heavy (non-hydrogen) atoms. The Bertz CT molecular complexity index is 348. The maximum Gasteiger partial charge on any atom is 0.134 e. The molecule has 1 heterocycles. The summed E-state index contributed by atoms with van der Waals surface area (Å²) in [7, 11) is 0. The molecule has 0 spiro atoms. The summed E-state index contributed by atoms with van der Waals surface area (Å²) in [6.07, 6.45) is 2.84. The third-order valence-corrected chi connectivity index (χ3v) is 3.40. The van der Waals surface area contributed by atoms with Gasteiger partial charge in [0, 0.05) is 12.8 Å². The molecule has 1 aliphatic carbocycles. The Morgan fingerprint density at radius 2 is 2.25 bits per heavy atom.